The third kappa shape index (κ3) is 11.7. The van der Waals surface area contributed by atoms with E-state index in [1.807, 2.05) is 12.1 Å². The molecule has 0 aliphatic heterocycles. The molecule has 204 valence electrons. The number of nitrogens with one attached hydrogen (secondary N) is 1. The van der Waals surface area contributed by atoms with E-state index >= 15 is 0 Å². The van der Waals surface area contributed by atoms with Crippen molar-refractivity contribution < 1.29 is 19.4 Å². The predicted octanol–water partition coefficient (Wildman–Crippen LogP) is 7.81. The van der Waals surface area contributed by atoms with Gasteiger partial charge in [0.15, 0.2) is 11.5 Å². The van der Waals surface area contributed by atoms with Crippen molar-refractivity contribution in [3.8, 4) is 17.2 Å². The van der Waals surface area contributed by atoms with Crippen LogP contribution in [0.25, 0.3) is 0 Å². The lowest BCUT2D eigenvalue weighted by molar-refractivity contribution is 0.0954. The number of ether oxygens (including phenoxy) is 2. The summed E-state index contributed by atoms with van der Waals surface area (Å²) in [5, 5.41) is 14.4. The quantitative estimate of drug-likeness (QED) is 0.115. The lowest BCUT2D eigenvalue weighted by Crippen LogP contribution is -2.17. The monoisotopic (exact) mass is 510 g/mol. The number of amides is 1. The van der Waals surface area contributed by atoms with Gasteiger partial charge in [0.25, 0.3) is 5.91 Å². The molecule has 0 bridgehead atoms. The van der Waals surface area contributed by atoms with Crippen LogP contribution in [-0.4, -0.2) is 31.4 Å². The first kappa shape index (κ1) is 30.2. The number of carbonyl (C=O) groups is 1. The minimum absolute atomic E-state index is 0.163. The van der Waals surface area contributed by atoms with E-state index in [0.29, 0.717) is 22.6 Å². The van der Waals surface area contributed by atoms with E-state index in [2.05, 4.69) is 17.5 Å². The van der Waals surface area contributed by atoms with Crippen LogP contribution in [0.15, 0.2) is 41.5 Å². The molecule has 2 aromatic rings. The molecule has 2 rings (SSSR count). The second-order valence-corrected chi connectivity index (χ2v) is 9.65. The number of phenolic OH excluding ortho intramolecular Hbond substituents is 1. The summed E-state index contributed by atoms with van der Waals surface area (Å²) in [5.41, 5.74) is 4.55. The van der Waals surface area contributed by atoms with E-state index in [-0.39, 0.29) is 11.7 Å². The Hall–Kier alpha value is -3.02. The summed E-state index contributed by atoms with van der Waals surface area (Å²) in [6.45, 7) is 2.27. The number of aryl methyl sites for hydroxylation is 1. The highest BCUT2D eigenvalue weighted by Gasteiger charge is 2.10. The van der Waals surface area contributed by atoms with Gasteiger partial charge >= 0.3 is 0 Å². The van der Waals surface area contributed by atoms with Gasteiger partial charge in [0.1, 0.15) is 5.75 Å². The third-order valence-electron chi connectivity index (χ3n) is 6.68. The highest BCUT2D eigenvalue weighted by molar-refractivity contribution is 5.95. The van der Waals surface area contributed by atoms with Crippen LogP contribution in [0.1, 0.15) is 112 Å². The van der Waals surface area contributed by atoms with Crippen LogP contribution in [0, 0.1) is 0 Å². The van der Waals surface area contributed by atoms with Gasteiger partial charge in [-0.05, 0) is 48.7 Å². The fourth-order valence-corrected chi connectivity index (χ4v) is 4.40. The molecule has 6 nitrogen and oxygen atoms in total. The normalized spacial score (nSPS) is 11.1. The zero-order valence-corrected chi connectivity index (χ0v) is 23.1. The maximum atomic E-state index is 12.4. The van der Waals surface area contributed by atoms with Crippen LogP contribution >= 0.6 is 0 Å². The summed E-state index contributed by atoms with van der Waals surface area (Å²) in [4.78, 5) is 12.4. The molecule has 0 aliphatic carbocycles. The molecule has 1 amide bonds. The number of methoxy groups -OCH3 is 2. The molecular weight excluding hydrogens is 464 g/mol. The standard InChI is InChI=1S/C31H46N2O4/c1-4-5-6-7-8-9-10-11-12-13-14-15-16-17-25-18-19-27(28(34)22-25)24-32-33-31(35)26-20-21-29(36-2)30(23-26)37-3/h18-24,34H,4-17H2,1-3H3,(H,33,35). The first-order chi connectivity index (χ1) is 18.1. The van der Waals surface area contributed by atoms with E-state index in [9.17, 15) is 9.90 Å². The Morgan fingerprint density at radius 1 is 0.811 bits per heavy atom. The predicted molar refractivity (Wildman–Crippen MR) is 152 cm³/mol. The number of phenols is 1. The number of benzene rings is 2. The number of unbranched alkanes of at least 4 members (excludes halogenated alkanes) is 12. The van der Waals surface area contributed by atoms with Crippen LogP contribution in [0.5, 0.6) is 17.2 Å². The van der Waals surface area contributed by atoms with E-state index in [0.717, 1.165) is 18.4 Å². The first-order valence-corrected chi connectivity index (χ1v) is 14.0. The number of rotatable bonds is 19. The average Bonchev–Trinajstić information content (AvgIpc) is 2.91. The molecule has 0 spiro atoms. The molecule has 37 heavy (non-hydrogen) atoms. The van der Waals surface area contributed by atoms with Crippen molar-refractivity contribution >= 4 is 12.1 Å². The molecule has 0 heterocycles. The summed E-state index contributed by atoms with van der Waals surface area (Å²) < 4.78 is 10.4. The van der Waals surface area contributed by atoms with Crippen LogP contribution in [-0.2, 0) is 6.42 Å². The van der Waals surface area contributed by atoms with Crippen molar-refractivity contribution in [1.82, 2.24) is 5.43 Å². The zero-order chi connectivity index (χ0) is 26.7. The molecular formula is C31H46N2O4. The van der Waals surface area contributed by atoms with Gasteiger partial charge in [-0.3, -0.25) is 4.79 Å². The lowest BCUT2D eigenvalue weighted by Gasteiger charge is -2.08. The Bertz CT molecular complexity index is 958. The largest absolute Gasteiger partial charge is 0.507 e. The van der Waals surface area contributed by atoms with Crippen molar-refractivity contribution in [3.05, 3.63) is 53.1 Å². The summed E-state index contributed by atoms with van der Waals surface area (Å²) in [6, 6.07) is 10.5. The molecule has 0 atom stereocenters. The third-order valence-corrected chi connectivity index (χ3v) is 6.68. The van der Waals surface area contributed by atoms with Gasteiger partial charge in [0.05, 0.1) is 20.4 Å². The maximum absolute atomic E-state index is 12.4. The number of hydrogen-bond donors (Lipinski definition) is 2. The Balaban J connectivity index is 1.63. The smallest absolute Gasteiger partial charge is 0.271 e. The van der Waals surface area contributed by atoms with Gasteiger partial charge in [-0.15, -0.1) is 0 Å². The van der Waals surface area contributed by atoms with E-state index in [1.165, 1.54) is 90.4 Å². The van der Waals surface area contributed by atoms with Gasteiger partial charge < -0.3 is 14.6 Å². The lowest BCUT2D eigenvalue weighted by atomic mass is 10.0. The van der Waals surface area contributed by atoms with Gasteiger partial charge in [0.2, 0.25) is 0 Å². The molecule has 0 fully saturated rings. The Labute approximate surface area is 223 Å². The molecule has 0 saturated heterocycles. The van der Waals surface area contributed by atoms with Gasteiger partial charge in [0, 0.05) is 11.1 Å². The summed E-state index contributed by atoms with van der Waals surface area (Å²) in [5.74, 6) is 0.800. The second kappa shape index (κ2) is 18.3. The Morgan fingerprint density at radius 2 is 1.41 bits per heavy atom. The summed E-state index contributed by atoms with van der Waals surface area (Å²) >= 11 is 0. The summed E-state index contributed by atoms with van der Waals surface area (Å²) in [6.07, 6.45) is 19.8. The maximum Gasteiger partial charge on any atom is 0.271 e. The van der Waals surface area contributed by atoms with Crippen LogP contribution in [0.2, 0.25) is 0 Å². The van der Waals surface area contributed by atoms with Gasteiger partial charge in [-0.25, -0.2) is 5.43 Å². The van der Waals surface area contributed by atoms with Crippen molar-refractivity contribution in [1.29, 1.82) is 0 Å². The fraction of sp³-hybridized carbons (Fsp3) is 0.548. The molecule has 2 aromatic carbocycles. The van der Waals surface area contributed by atoms with E-state index < -0.39 is 0 Å². The minimum atomic E-state index is -0.379. The van der Waals surface area contributed by atoms with Gasteiger partial charge in [-0.2, -0.15) is 5.10 Å². The fourth-order valence-electron chi connectivity index (χ4n) is 4.40. The number of aromatic hydroxyl groups is 1. The SMILES string of the molecule is CCCCCCCCCCCCCCCc1ccc(C=NNC(=O)c2ccc(OC)c(OC)c2)c(O)c1. The highest BCUT2D eigenvalue weighted by atomic mass is 16.5. The molecule has 0 aromatic heterocycles. The van der Waals surface area contributed by atoms with Crippen LogP contribution < -0.4 is 14.9 Å². The molecule has 0 unspecified atom stereocenters. The average molecular weight is 511 g/mol. The minimum Gasteiger partial charge on any atom is -0.507 e. The highest BCUT2D eigenvalue weighted by Crippen LogP contribution is 2.27. The van der Waals surface area contributed by atoms with Crippen LogP contribution in [0.4, 0.5) is 0 Å². The van der Waals surface area contributed by atoms with Gasteiger partial charge in [-0.1, -0.05) is 90.0 Å². The van der Waals surface area contributed by atoms with E-state index in [4.69, 9.17) is 9.47 Å². The van der Waals surface area contributed by atoms with Crippen molar-refractivity contribution in [2.45, 2.75) is 96.8 Å². The van der Waals surface area contributed by atoms with E-state index in [1.54, 1.807) is 31.4 Å². The van der Waals surface area contributed by atoms with Crippen molar-refractivity contribution in [2.75, 3.05) is 14.2 Å². The molecule has 6 heteroatoms. The number of hydrazone groups is 1. The Kier molecular flexibility index (Phi) is 14.9. The first-order valence-electron chi connectivity index (χ1n) is 14.0. The number of nitrogens with zero attached hydrogens (tertiary/aromatic N) is 1. The Morgan fingerprint density at radius 3 is 1.97 bits per heavy atom. The molecule has 0 aliphatic rings. The molecule has 0 saturated carbocycles. The van der Waals surface area contributed by atoms with Crippen LogP contribution in [0.3, 0.4) is 0 Å². The number of carbonyl (C=O) groups excluding carboxylic acids is 1. The molecule has 2 N–H and O–H groups in total. The topological polar surface area (TPSA) is 80.2 Å². The van der Waals surface area contributed by atoms with Crippen molar-refractivity contribution in [2.24, 2.45) is 5.10 Å². The second-order valence-electron chi connectivity index (χ2n) is 9.65. The number of hydrogen-bond acceptors (Lipinski definition) is 5. The molecule has 0 radical (unpaired) electrons. The zero-order valence-electron chi connectivity index (χ0n) is 23.1. The van der Waals surface area contributed by atoms with Crippen molar-refractivity contribution in [3.63, 3.8) is 0 Å². The summed E-state index contributed by atoms with van der Waals surface area (Å²) in [7, 11) is 3.06.